The minimum absolute atomic E-state index is 0.0966. The van der Waals surface area contributed by atoms with Crippen LogP contribution in [0, 0.1) is 13.8 Å². The van der Waals surface area contributed by atoms with E-state index in [1.54, 1.807) is 0 Å². The summed E-state index contributed by atoms with van der Waals surface area (Å²) >= 11 is 2.77. The van der Waals surface area contributed by atoms with E-state index in [2.05, 4.69) is 20.6 Å². The number of aromatic nitrogens is 3. The molecule has 154 valence electrons. The van der Waals surface area contributed by atoms with Gasteiger partial charge in [0.05, 0.1) is 22.5 Å². The van der Waals surface area contributed by atoms with E-state index in [9.17, 15) is 9.59 Å². The van der Waals surface area contributed by atoms with Crippen molar-refractivity contribution in [3.8, 4) is 0 Å². The second-order valence-corrected chi connectivity index (χ2v) is 9.91. The Balaban J connectivity index is 1.74. The predicted molar refractivity (Wildman–Crippen MR) is 119 cm³/mol. The van der Waals surface area contributed by atoms with Crippen LogP contribution in [-0.4, -0.2) is 37.6 Å². The number of nitrogens with zero attached hydrogens (tertiary/aromatic N) is 3. The topological polar surface area (TPSA) is 88.9 Å². The van der Waals surface area contributed by atoms with Gasteiger partial charge in [0.2, 0.25) is 11.8 Å². The highest BCUT2D eigenvalue weighted by Gasteiger charge is 2.19. The number of amides is 2. The van der Waals surface area contributed by atoms with E-state index >= 15 is 0 Å². The Kier molecular flexibility index (Phi) is 6.28. The third kappa shape index (κ3) is 5.57. The van der Waals surface area contributed by atoms with Crippen LogP contribution in [0.1, 0.15) is 31.3 Å². The lowest BCUT2D eigenvalue weighted by atomic mass is 10.1. The van der Waals surface area contributed by atoms with Crippen molar-refractivity contribution in [1.82, 2.24) is 19.9 Å². The summed E-state index contributed by atoms with van der Waals surface area (Å²) in [7, 11) is 0. The number of carbonyl (C=O) groups is 2. The Labute approximate surface area is 178 Å². The molecular formula is C20H25N5O2S2. The number of hydrogen-bond acceptors (Lipinski definition) is 6. The van der Waals surface area contributed by atoms with E-state index < -0.39 is 0 Å². The van der Waals surface area contributed by atoms with E-state index in [1.165, 1.54) is 23.1 Å². The molecule has 2 amide bonds. The molecule has 0 atom stereocenters. The largest absolute Gasteiger partial charge is 0.350 e. The molecule has 0 spiro atoms. The lowest BCUT2D eigenvalue weighted by Crippen LogP contribution is -2.42. The number of rotatable bonds is 6. The van der Waals surface area contributed by atoms with Crippen LogP contribution >= 0.6 is 23.1 Å². The van der Waals surface area contributed by atoms with Gasteiger partial charge in [-0.2, -0.15) is 0 Å². The van der Waals surface area contributed by atoms with Crippen LogP contribution in [0.5, 0.6) is 0 Å². The average molecular weight is 432 g/mol. The highest BCUT2D eigenvalue weighted by atomic mass is 32.2. The molecule has 0 aliphatic carbocycles. The fraction of sp³-hybridized carbons (Fsp3) is 0.400. The van der Waals surface area contributed by atoms with Gasteiger partial charge in [-0.3, -0.25) is 9.59 Å². The molecule has 1 aromatic carbocycles. The molecule has 0 radical (unpaired) electrons. The minimum Gasteiger partial charge on any atom is -0.350 e. The second-order valence-electron chi connectivity index (χ2n) is 7.76. The van der Waals surface area contributed by atoms with Crippen molar-refractivity contribution in [2.75, 3.05) is 11.1 Å². The summed E-state index contributed by atoms with van der Waals surface area (Å²) in [5.41, 5.74) is 2.27. The molecule has 3 aromatic rings. The number of aryl methyl sites for hydroxylation is 2. The van der Waals surface area contributed by atoms with Gasteiger partial charge in [0, 0.05) is 10.4 Å². The standard InChI is InChI=1S/C20H25N5O2S2/c1-12-13(2)29-18(21-12)23-17(27)11-28-19-22-14-8-6-7-9-15(14)25(19)10-16(26)24-20(3,4)5/h6-9H,10-11H2,1-5H3,(H,24,26)(H,21,23,27). The maximum absolute atomic E-state index is 12.5. The summed E-state index contributed by atoms with van der Waals surface area (Å²) in [4.78, 5) is 34.9. The maximum atomic E-state index is 12.5. The lowest BCUT2D eigenvalue weighted by Gasteiger charge is -2.21. The fourth-order valence-corrected chi connectivity index (χ4v) is 4.37. The van der Waals surface area contributed by atoms with Gasteiger partial charge in [0.1, 0.15) is 6.54 Å². The molecule has 29 heavy (non-hydrogen) atoms. The molecule has 0 aliphatic heterocycles. The molecule has 7 nitrogen and oxygen atoms in total. The van der Waals surface area contributed by atoms with Crippen LogP contribution in [0.15, 0.2) is 29.4 Å². The van der Waals surface area contributed by atoms with Gasteiger partial charge in [0.15, 0.2) is 10.3 Å². The summed E-state index contributed by atoms with van der Waals surface area (Å²) in [5, 5.41) is 7.04. The first-order chi connectivity index (χ1) is 13.6. The normalized spacial score (nSPS) is 11.6. The first kappa shape index (κ1) is 21.3. The molecular weight excluding hydrogens is 406 g/mol. The summed E-state index contributed by atoms with van der Waals surface area (Å²) in [6.07, 6.45) is 0. The number of hydrogen-bond donors (Lipinski definition) is 2. The highest BCUT2D eigenvalue weighted by Crippen LogP contribution is 2.25. The Morgan fingerprint density at radius 1 is 1.14 bits per heavy atom. The van der Waals surface area contributed by atoms with Crippen LogP contribution < -0.4 is 10.6 Å². The third-order valence-electron chi connectivity index (χ3n) is 4.04. The molecule has 9 heteroatoms. The van der Waals surface area contributed by atoms with Gasteiger partial charge in [-0.25, -0.2) is 9.97 Å². The van der Waals surface area contributed by atoms with Crippen LogP contribution in [0.4, 0.5) is 5.13 Å². The van der Waals surface area contributed by atoms with Crippen molar-refractivity contribution in [1.29, 1.82) is 0 Å². The van der Waals surface area contributed by atoms with Gasteiger partial charge >= 0.3 is 0 Å². The van der Waals surface area contributed by atoms with Crippen molar-refractivity contribution < 1.29 is 9.59 Å². The Bertz CT molecular complexity index is 1030. The molecule has 0 bridgehead atoms. The van der Waals surface area contributed by atoms with Crippen molar-refractivity contribution in [3.05, 3.63) is 34.8 Å². The number of thioether (sulfide) groups is 1. The van der Waals surface area contributed by atoms with Gasteiger partial charge < -0.3 is 15.2 Å². The zero-order valence-electron chi connectivity index (χ0n) is 17.2. The number of benzene rings is 1. The quantitative estimate of drug-likeness (QED) is 0.580. The van der Waals surface area contributed by atoms with E-state index in [0.717, 1.165) is 21.6 Å². The number of imidazole rings is 1. The fourth-order valence-electron chi connectivity index (χ4n) is 2.73. The van der Waals surface area contributed by atoms with Gasteiger partial charge in [-0.1, -0.05) is 23.9 Å². The number of thiazole rings is 1. The van der Waals surface area contributed by atoms with Crippen LogP contribution in [-0.2, 0) is 16.1 Å². The Hall–Kier alpha value is -2.39. The first-order valence-electron chi connectivity index (χ1n) is 9.25. The molecule has 0 saturated carbocycles. The van der Waals surface area contributed by atoms with Crippen molar-refractivity contribution in [3.63, 3.8) is 0 Å². The van der Waals surface area contributed by atoms with Crippen molar-refractivity contribution >= 4 is 51.1 Å². The zero-order chi connectivity index (χ0) is 21.2. The van der Waals surface area contributed by atoms with E-state index in [0.29, 0.717) is 10.3 Å². The lowest BCUT2D eigenvalue weighted by molar-refractivity contribution is -0.123. The molecule has 0 aliphatic rings. The summed E-state index contributed by atoms with van der Waals surface area (Å²) in [5.74, 6) is -0.0655. The maximum Gasteiger partial charge on any atom is 0.240 e. The molecule has 2 heterocycles. The van der Waals surface area contributed by atoms with Crippen molar-refractivity contribution in [2.45, 2.75) is 51.9 Å². The highest BCUT2D eigenvalue weighted by molar-refractivity contribution is 7.99. The van der Waals surface area contributed by atoms with E-state index in [-0.39, 0.29) is 29.7 Å². The smallest absolute Gasteiger partial charge is 0.240 e. The first-order valence-corrected chi connectivity index (χ1v) is 11.1. The molecule has 2 N–H and O–H groups in total. The molecule has 3 rings (SSSR count). The Morgan fingerprint density at radius 3 is 2.52 bits per heavy atom. The van der Waals surface area contributed by atoms with Crippen molar-refractivity contribution in [2.24, 2.45) is 0 Å². The SMILES string of the molecule is Cc1nc(NC(=O)CSc2nc3ccccc3n2CC(=O)NC(C)(C)C)sc1C. The van der Waals surface area contributed by atoms with E-state index in [4.69, 9.17) is 0 Å². The van der Waals surface area contributed by atoms with Gasteiger partial charge in [-0.05, 0) is 46.8 Å². The average Bonchev–Trinajstić information content (AvgIpc) is 3.11. The van der Waals surface area contributed by atoms with Crippen LogP contribution in [0.3, 0.4) is 0 Å². The van der Waals surface area contributed by atoms with Crippen LogP contribution in [0.2, 0.25) is 0 Å². The molecule has 2 aromatic heterocycles. The molecule has 0 fully saturated rings. The van der Waals surface area contributed by atoms with E-state index in [1.807, 2.05) is 63.5 Å². The summed E-state index contributed by atoms with van der Waals surface area (Å²) in [6.45, 7) is 9.87. The summed E-state index contributed by atoms with van der Waals surface area (Å²) in [6, 6.07) is 7.65. The number of anilines is 1. The number of nitrogens with one attached hydrogen (secondary N) is 2. The monoisotopic (exact) mass is 431 g/mol. The van der Waals surface area contributed by atoms with Crippen LogP contribution in [0.25, 0.3) is 11.0 Å². The summed E-state index contributed by atoms with van der Waals surface area (Å²) < 4.78 is 1.85. The molecule has 0 saturated heterocycles. The van der Waals surface area contributed by atoms with Gasteiger partial charge in [0.25, 0.3) is 0 Å². The molecule has 0 unspecified atom stereocenters. The number of fused-ring (bicyclic) bond motifs is 1. The minimum atomic E-state index is -0.315. The number of carbonyl (C=O) groups excluding carboxylic acids is 2. The predicted octanol–water partition coefficient (Wildman–Crippen LogP) is 3.76. The number of para-hydroxylation sites is 2. The van der Waals surface area contributed by atoms with Gasteiger partial charge in [-0.15, -0.1) is 11.3 Å². The zero-order valence-corrected chi connectivity index (χ0v) is 18.8. The Morgan fingerprint density at radius 2 is 1.86 bits per heavy atom. The second kappa shape index (κ2) is 8.54. The third-order valence-corrected chi connectivity index (χ3v) is 6.01.